The van der Waals surface area contributed by atoms with Crippen molar-refractivity contribution in [1.29, 1.82) is 0 Å². The van der Waals surface area contributed by atoms with Crippen molar-refractivity contribution >= 4 is 62.7 Å². The number of nitrogens with one attached hydrogen (secondary N) is 3. The summed E-state index contributed by atoms with van der Waals surface area (Å²) in [6.07, 6.45) is 5.82. The molecule has 11 nitrogen and oxygen atoms in total. The van der Waals surface area contributed by atoms with Gasteiger partial charge in [-0.15, -0.1) is 11.3 Å². The van der Waals surface area contributed by atoms with Crippen molar-refractivity contribution in [3.05, 3.63) is 45.6 Å². The Labute approximate surface area is 271 Å². The first-order chi connectivity index (χ1) is 21.8. The largest absolute Gasteiger partial charge is 0.488 e. The molecule has 1 saturated heterocycles. The molecule has 3 aromatic rings. The molecule has 45 heavy (non-hydrogen) atoms. The summed E-state index contributed by atoms with van der Waals surface area (Å²) < 4.78 is 7.08. The van der Waals surface area contributed by atoms with Crippen molar-refractivity contribution < 1.29 is 23.9 Å². The van der Waals surface area contributed by atoms with Crippen LogP contribution in [-0.2, 0) is 16.1 Å². The van der Waals surface area contributed by atoms with Crippen molar-refractivity contribution in [2.75, 3.05) is 5.32 Å². The van der Waals surface area contributed by atoms with Crippen molar-refractivity contribution in [3.63, 3.8) is 0 Å². The lowest BCUT2D eigenvalue weighted by Crippen LogP contribution is -2.52. The lowest BCUT2D eigenvalue weighted by atomic mass is 9.96. The van der Waals surface area contributed by atoms with E-state index >= 15 is 0 Å². The number of aromatic nitrogens is 2. The number of nitrogens with zero attached hydrogens (tertiary/aromatic N) is 3. The molecule has 5 amide bonds. The molecule has 2 aliphatic carbocycles. The highest BCUT2D eigenvalue weighted by atomic mass is 35.5. The number of urea groups is 1. The summed E-state index contributed by atoms with van der Waals surface area (Å²) in [5.74, 6) is 0.115. The number of pyridine rings is 1. The zero-order chi connectivity index (χ0) is 32.2. The molecule has 2 atom stereocenters. The summed E-state index contributed by atoms with van der Waals surface area (Å²) in [5, 5.41) is 9.54. The summed E-state index contributed by atoms with van der Waals surface area (Å²) in [4.78, 5) is 60.7. The Morgan fingerprint density at radius 1 is 1.07 bits per heavy atom. The van der Waals surface area contributed by atoms with E-state index in [9.17, 15) is 19.2 Å². The quantitative estimate of drug-likeness (QED) is 0.252. The fourth-order valence-corrected chi connectivity index (χ4v) is 6.93. The topological polar surface area (TPSA) is 143 Å². The maximum Gasteiger partial charge on any atom is 0.320 e. The van der Waals surface area contributed by atoms with Gasteiger partial charge in [0.25, 0.3) is 5.91 Å². The van der Waals surface area contributed by atoms with Gasteiger partial charge in [-0.1, -0.05) is 39.3 Å². The van der Waals surface area contributed by atoms with E-state index in [4.69, 9.17) is 21.3 Å². The van der Waals surface area contributed by atoms with Crippen LogP contribution in [0.3, 0.4) is 0 Å². The number of piperidine rings is 1. The van der Waals surface area contributed by atoms with Crippen LogP contribution in [0.1, 0.15) is 99.7 Å². The molecule has 2 unspecified atom stereocenters. The monoisotopic (exact) mass is 654 g/mol. The average molecular weight is 655 g/mol. The lowest BCUT2D eigenvalue weighted by Gasteiger charge is -2.29. The molecule has 3 N–H and O–H groups in total. The Kier molecular flexibility index (Phi) is 10.2. The second kappa shape index (κ2) is 14.1. The normalized spacial score (nSPS) is 19.7. The van der Waals surface area contributed by atoms with Gasteiger partial charge < -0.3 is 15.0 Å². The minimum absolute atomic E-state index is 0.127. The molecular weight excluding hydrogens is 616 g/mol. The second-order valence-electron chi connectivity index (χ2n) is 11.0. The van der Waals surface area contributed by atoms with Gasteiger partial charge in [-0.3, -0.25) is 25.0 Å². The summed E-state index contributed by atoms with van der Waals surface area (Å²) in [6, 6.07) is 5.43. The molecule has 0 spiro atoms. The minimum Gasteiger partial charge on any atom is -0.488 e. The maximum absolute atomic E-state index is 13.1. The lowest BCUT2D eigenvalue weighted by molar-refractivity contribution is -0.136. The molecule has 1 aromatic carbocycles. The SMILES string of the molecule is CC.CC.O=C1CCC(N2Cc3nc(NC(=O)NC(c4nc5c(OC6CCC6)cc(Cl)cc5s4)C4CC4)ccc3C2=O)C(=O)N1. The molecule has 2 saturated carbocycles. The summed E-state index contributed by atoms with van der Waals surface area (Å²) >= 11 is 7.88. The molecular formula is C32H39ClN6O5S. The summed E-state index contributed by atoms with van der Waals surface area (Å²) in [7, 11) is 0. The number of ether oxygens (including phenoxy) is 1. The molecule has 0 bridgehead atoms. The minimum atomic E-state index is -0.725. The maximum atomic E-state index is 13.1. The van der Waals surface area contributed by atoms with Gasteiger partial charge in [0, 0.05) is 17.5 Å². The summed E-state index contributed by atoms with van der Waals surface area (Å²) in [6.45, 7) is 8.13. The first-order valence-electron chi connectivity index (χ1n) is 15.8. The number of anilines is 1. The molecule has 4 aliphatic rings. The van der Waals surface area contributed by atoms with Gasteiger partial charge in [0.15, 0.2) is 0 Å². The highest BCUT2D eigenvalue weighted by Gasteiger charge is 2.40. The number of amides is 5. The number of halogens is 1. The van der Waals surface area contributed by atoms with Crippen molar-refractivity contribution in [2.24, 2.45) is 5.92 Å². The van der Waals surface area contributed by atoms with Crippen molar-refractivity contribution in [2.45, 2.75) is 97.4 Å². The van der Waals surface area contributed by atoms with Gasteiger partial charge in [0.2, 0.25) is 11.8 Å². The Morgan fingerprint density at radius 2 is 1.82 bits per heavy atom. The number of fused-ring (bicyclic) bond motifs is 2. The van der Waals surface area contributed by atoms with Crippen LogP contribution in [0.25, 0.3) is 10.2 Å². The van der Waals surface area contributed by atoms with Crippen LogP contribution in [0, 0.1) is 5.92 Å². The first-order valence-corrected chi connectivity index (χ1v) is 17.0. The molecule has 240 valence electrons. The Balaban J connectivity index is 0.000000963. The van der Waals surface area contributed by atoms with Crippen LogP contribution in [0.2, 0.25) is 5.02 Å². The average Bonchev–Trinajstić information content (AvgIpc) is 3.68. The molecule has 3 fully saturated rings. The van der Waals surface area contributed by atoms with Gasteiger partial charge in [-0.2, -0.15) is 0 Å². The molecule has 2 aliphatic heterocycles. The van der Waals surface area contributed by atoms with E-state index in [1.807, 2.05) is 39.8 Å². The van der Waals surface area contributed by atoms with Gasteiger partial charge in [-0.05, 0) is 62.6 Å². The van der Waals surface area contributed by atoms with E-state index in [1.165, 1.54) is 16.2 Å². The number of rotatable bonds is 7. The van der Waals surface area contributed by atoms with E-state index < -0.39 is 18.0 Å². The Hall–Kier alpha value is -3.77. The van der Waals surface area contributed by atoms with Crippen LogP contribution >= 0.6 is 22.9 Å². The molecule has 7 rings (SSSR count). The van der Waals surface area contributed by atoms with Gasteiger partial charge in [0.05, 0.1) is 34.6 Å². The number of benzene rings is 1. The van der Waals surface area contributed by atoms with Crippen LogP contribution in [0.15, 0.2) is 24.3 Å². The van der Waals surface area contributed by atoms with E-state index in [0.717, 1.165) is 47.3 Å². The highest BCUT2D eigenvalue weighted by molar-refractivity contribution is 7.18. The fraction of sp³-hybridized carbons (Fsp3) is 0.500. The Bertz CT molecular complexity index is 1600. The number of carbonyl (C=O) groups excluding carboxylic acids is 4. The third kappa shape index (κ3) is 7.06. The fourth-order valence-electron chi connectivity index (χ4n) is 5.48. The van der Waals surface area contributed by atoms with Gasteiger partial charge in [0.1, 0.15) is 28.1 Å². The van der Waals surface area contributed by atoms with E-state index in [-0.39, 0.29) is 49.3 Å². The van der Waals surface area contributed by atoms with Gasteiger partial charge >= 0.3 is 6.03 Å². The molecule has 2 aromatic heterocycles. The molecule has 0 radical (unpaired) electrons. The third-order valence-electron chi connectivity index (χ3n) is 8.05. The predicted octanol–water partition coefficient (Wildman–Crippen LogP) is 6.36. The van der Waals surface area contributed by atoms with Crippen LogP contribution in [0.5, 0.6) is 5.75 Å². The van der Waals surface area contributed by atoms with E-state index in [1.54, 1.807) is 12.1 Å². The zero-order valence-electron chi connectivity index (χ0n) is 25.9. The number of hydrogen-bond donors (Lipinski definition) is 3. The smallest absolute Gasteiger partial charge is 0.320 e. The van der Waals surface area contributed by atoms with Crippen LogP contribution in [0.4, 0.5) is 10.6 Å². The van der Waals surface area contributed by atoms with Crippen molar-refractivity contribution in [3.8, 4) is 5.75 Å². The standard InChI is InChI=1S/C28H27ClN6O5S.2C2H6/c29-14-10-19(40-15-2-1-3-15)24-20(11-14)41-26(33-24)23(13-4-5-13)34-28(39)31-21-8-6-16-17(30-21)12-35(27(16)38)18-7-9-22(36)32-25(18)37;2*1-2/h6,8,10-11,13,15,18,23H,1-5,7,9,12H2,(H,32,36,37)(H2,30,31,34,39);2*1-2H3. The number of hydrogen-bond acceptors (Lipinski definition) is 8. The predicted molar refractivity (Wildman–Crippen MR) is 173 cm³/mol. The number of imide groups is 1. The second-order valence-corrected chi connectivity index (χ2v) is 12.5. The number of carbonyl (C=O) groups is 4. The first kappa shape index (κ1) is 32.6. The van der Waals surface area contributed by atoms with Crippen LogP contribution < -0.4 is 20.7 Å². The number of thiazole rings is 1. The summed E-state index contributed by atoms with van der Waals surface area (Å²) in [5.41, 5.74) is 1.61. The van der Waals surface area contributed by atoms with E-state index in [2.05, 4.69) is 20.9 Å². The highest BCUT2D eigenvalue weighted by Crippen LogP contribution is 2.45. The Morgan fingerprint density at radius 3 is 2.49 bits per heavy atom. The van der Waals surface area contributed by atoms with Gasteiger partial charge in [-0.25, -0.2) is 14.8 Å². The van der Waals surface area contributed by atoms with Crippen LogP contribution in [-0.4, -0.2) is 50.8 Å². The third-order valence-corrected chi connectivity index (χ3v) is 9.35. The van der Waals surface area contributed by atoms with Crippen molar-refractivity contribution in [1.82, 2.24) is 25.5 Å². The van der Waals surface area contributed by atoms with E-state index in [0.29, 0.717) is 27.8 Å². The molecule has 13 heteroatoms. The zero-order valence-corrected chi connectivity index (χ0v) is 27.5. The molecule has 4 heterocycles.